The highest BCUT2D eigenvalue weighted by Gasteiger charge is 2.28. The summed E-state index contributed by atoms with van der Waals surface area (Å²) < 4.78 is 0. The Balaban J connectivity index is 2.85. The lowest BCUT2D eigenvalue weighted by Crippen LogP contribution is -2.39. The maximum absolute atomic E-state index is 12.7. The molecule has 1 amide bonds. The quantitative estimate of drug-likeness (QED) is 0.897. The third-order valence-corrected chi connectivity index (χ3v) is 3.99. The minimum atomic E-state index is -0.142. The number of hydrogen-bond donors (Lipinski definition) is 1. The first-order valence-electron chi connectivity index (χ1n) is 7.38. The summed E-state index contributed by atoms with van der Waals surface area (Å²) >= 11 is 6.03. The molecule has 0 saturated carbocycles. The van der Waals surface area contributed by atoms with Gasteiger partial charge in [0.15, 0.2) is 0 Å². The topological polar surface area (TPSA) is 46.3 Å². The summed E-state index contributed by atoms with van der Waals surface area (Å²) in [6.07, 6.45) is 0.787. The number of carbonyl (C=O) groups excluding carboxylic acids is 1. The fourth-order valence-electron chi connectivity index (χ4n) is 2.48. The average molecular weight is 311 g/mol. The molecule has 0 aliphatic heterocycles. The highest BCUT2D eigenvalue weighted by Crippen LogP contribution is 2.28. The molecule has 3 nitrogen and oxygen atoms in total. The molecule has 0 aromatic heterocycles. The van der Waals surface area contributed by atoms with Gasteiger partial charge in [-0.2, -0.15) is 0 Å². The van der Waals surface area contributed by atoms with Crippen molar-refractivity contribution in [2.45, 2.75) is 40.2 Å². The largest absolute Gasteiger partial charge is 0.339 e. The summed E-state index contributed by atoms with van der Waals surface area (Å²) in [6, 6.07) is 7.60. The molecule has 0 aliphatic rings. The van der Waals surface area contributed by atoms with Gasteiger partial charge in [0, 0.05) is 18.6 Å². The number of nitrogens with zero attached hydrogens (tertiary/aromatic N) is 1. The van der Waals surface area contributed by atoms with E-state index < -0.39 is 0 Å². The molecular weight excluding hydrogens is 284 g/mol. The highest BCUT2D eigenvalue weighted by atomic mass is 35.5. The predicted octanol–water partition coefficient (Wildman–Crippen LogP) is 3.87. The van der Waals surface area contributed by atoms with Crippen molar-refractivity contribution in [1.82, 2.24) is 4.90 Å². The zero-order chi connectivity index (χ0) is 16.2. The van der Waals surface area contributed by atoms with Gasteiger partial charge < -0.3 is 10.6 Å². The summed E-state index contributed by atoms with van der Waals surface area (Å²) in [4.78, 5) is 14.4. The molecule has 2 atom stereocenters. The molecule has 2 unspecified atom stereocenters. The van der Waals surface area contributed by atoms with Crippen LogP contribution in [-0.2, 0) is 4.79 Å². The van der Waals surface area contributed by atoms with Crippen LogP contribution in [0.1, 0.15) is 45.7 Å². The Bertz CT molecular complexity index is 482. The van der Waals surface area contributed by atoms with Gasteiger partial charge in [-0.05, 0) is 36.5 Å². The Hall–Kier alpha value is -1.06. The van der Waals surface area contributed by atoms with Crippen molar-refractivity contribution in [2.24, 2.45) is 17.1 Å². The normalized spacial score (nSPS) is 14.6. The van der Waals surface area contributed by atoms with Gasteiger partial charge in [-0.3, -0.25) is 4.79 Å². The van der Waals surface area contributed by atoms with Crippen LogP contribution in [0.3, 0.4) is 0 Å². The maximum atomic E-state index is 12.7. The van der Waals surface area contributed by atoms with E-state index in [-0.39, 0.29) is 23.3 Å². The Labute approximate surface area is 133 Å². The van der Waals surface area contributed by atoms with E-state index in [1.165, 1.54) is 0 Å². The number of amides is 1. The Morgan fingerprint density at radius 2 is 2.00 bits per heavy atom. The number of nitrogens with two attached hydrogens (primary N) is 1. The zero-order valence-corrected chi connectivity index (χ0v) is 14.4. The number of carbonyl (C=O) groups is 1. The van der Waals surface area contributed by atoms with Gasteiger partial charge in [0.2, 0.25) is 5.91 Å². The van der Waals surface area contributed by atoms with E-state index in [2.05, 4.69) is 20.8 Å². The molecule has 2 N–H and O–H groups in total. The molecule has 0 spiro atoms. The van der Waals surface area contributed by atoms with Crippen molar-refractivity contribution in [3.05, 3.63) is 34.9 Å². The third-order valence-electron chi connectivity index (χ3n) is 3.75. The maximum Gasteiger partial charge on any atom is 0.227 e. The molecule has 0 fully saturated rings. The first kappa shape index (κ1) is 18.0. The molecule has 118 valence electrons. The van der Waals surface area contributed by atoms with Crippen LogP contribution in [-0.4, -0.2) is 24.4 Å². The van der Waals surface area contributed by atoms with Crippen LogP contribution in [0.25, 0.3) is 0 Å². The van der Waals surface area contributed by atoms with Crippen LogP contribution in [0, 0.1) is 11.3 Å². The van der Waals surface area contributed by atoms with E-state index in [9.17, 15) is 4.79 Å². The van der Waals surface area contributed by atoms with Crippen LogP contribution in [0.15, 0.2) is 24.3 Å². The fraction of sp³-hybridized carbons (Fsp3) is 0.588. The molecule has 0 bridgehead atoms. The molecule has 1 aromatic carbocycles. The van der Waals surface area contributed by atoms with Gasteiger partial charge in [-0.25, -0.2) is 0 Å². The van der Waals surface area contributed by atoms with Crippen molar-refractivity contribution in [2.75, 3.05) is 13.6 Å². The SMILES string of the molecule is CC(c1cccc(Cl)c1)N(C)C(=O)C(CN)CC(C)(C)C. The van der Waals surface area contributed by atoms with Crippen LogP contribution in [0.2, 0.25) is 5.02 Å². The summed E-state index contributed by atoms with van der Waals surface area (Å²) in [5, 5.41) is 0.685. The molecule has 0 radical (unpaired) electrons. The summed E-state index contributed by atoms with van der Waals surface area (Å²) in [5.41, 5.74) is 6.93. The van der Waals surface area contributed by atoms with E-state index in [4.69, 9.17) is 17.3 Å². The molecule has 0 saturated heterocycles. The van der Waals surface area contributed by atoms with Crippen molar-refractivity contribution >= 4 is 17.5 Å². The number of halogens is 1. The minimum absolute atomic E-state index is 0.0229. The molecule has 0 heterocycles. The van der Waals surface area contributed by atoms with Crippen molar-refractivity contribution < 1.29 is 4.79 Å². The molecule has 1 rings (SSSR count). The number of rotatable bonds is 5. The van der Waals surface area contributed by atoms with Gasteiger partial charge >= 0.3 is 0 Å². The second-order valence-corrected chi connectivity index (χ2v) is 7.31. The van der Waals surface area contributed by atoms with Gasteiger partial charge in [-0.1, -0.05) is 44.5 Å². The summed E-state index contributed by atoms with van der Waals surface area (Å²) in [5.74, 6) is -0.0449. The number of hydrogen-bond acceptors (Lipinski definition) is 2. The Morgan fingerprint density at radius 3 is 2.48 bits per heavy atom. The van der Waals surface area contributed by atoms with Gasteiger partial charge in [0.1, 0.15) is 0 Å². The smallest absolute Gasteiger partial charge is 0.227 e. The standard InChI is InChI=1S/C17H27ClN2O/c1-12(13-7-6-8-15(18)9-13)20(5)16(21)14(11-19)10-17(2,3)4/h6-9,12,14H,10-11,19H2,1-5H3. The van der Waals surface area contributed by atoms with E-state index in [1.807, 2.05) is 38.2 Å². The molecule has 1 aromatic rings. The van der Waals surface area contributed by atoms with E-state index >= 15 is 0 Å². The minimum Gasteiger partial charge on any atom is -0.339 e. The zero-order valence-electron chi connectivity index (χ0n) is 13.7. The second-order valence-electron chi connectivity index (χ2n) is 6.88. The average Bonchev–Trinajstić information content (AvgIpc) is 2.41. The number of benzene rings is 1. The summed E-state index contributed by atoms with van der Waals surface area (Å²) in [7, 11) is 1.83. The van der Waals surface area contributed by atoms with Crippen LogP contribution < -0.4 is 5.73 Å². The lowest BCUT2D eigenvalue weighted by atomic mass is 9.84. The van der Waals surface area contributed by atoms with Crippen LogP contribution in [0.4, 0.5) is 0 Å². The Kier molecular flexibility index (Phi) is 6.24. The highest BCUT2D eigenvalue weighted by molar-refractivity contribution is 6.30. The lowest BCUT2D eigenvalue weighted by Gasteiger charge is -2.31. The van der Waals surface area contributed by atoms with E-state index in [0.717, 1.165) is 12.0 Å². The van der Waals surface area contributed by atoms with Gasteiger partial charge in [-0.15, -0.1) is 0 Å². The van der Waals surface area contributed by atoms with E-state index in [0.29, 0.717) is 11.6 Å². The molecular formula is C17H27ClN2O. The van der Waals surface area contributed by atoms with Crippen molar-refractivity contribution in [3.8, 4) is 0 Å². The Morgan fingerprint density at radius 1 is 1.38 bits per heavy atom. The molecule has 21 heavy (non-hydrogen) atoms. The van der Waals surface area contributed by atoms with Crippen LogP contribution >= 0.6 is 11.6 Å². The van der Waals surface area contributed by atoms with E-state index in [1.54, 1.807) is 4.90 Å². The third kappa shape index (κ3) is 5.33. The lowest BCUT2D eigenvalue weighted by molar-refractivity contribution is -0.136. The van der Waals surface area contributed by atoms with Crippen molar-refractivity contribution in [1.29, 1.82) is 0 Å². The first-order chi connectivity index (χ1) is 9.65. The monoisotopic (exact) mass is 310 g/mol. The second kappa shape index (κ2) is 7.28. The van der Waals surface area contributed by atoms with Crippen LogP contribution in [0.5, 0.6) is 0 Å². The molecule has 0 aliphatic carbocycles. The first-order valence-corrected chi connectivity index (χ1v) is 7.75. The van der Waals surface area contributed by atoms with Gasteiger partial charge in [0.25, 0.3) is 0 Å². The fourth-order valence-corrected chi connectivity index (χ4v) is 2.68. The summed E-state index contributed by atoms with van der Waals surface area (Å²) in [6.45, 7) is 8.77. The molecule has 4 heteroatoms. The predicted molar refractivity (Wildman–Crippen MR) is 89.3 cm³/mol. The van der Waals surface area contributed by atoms with Gasteiger partial charge in [0.05, 0.1) is 12.0 Å². The van der Waals surface area contributed by atoms with Crippen molar-refractivity contribution in [3.63, 3.8) is 0 Å².